The van der Waals surface area contributed by atoms with Crippen molar-refractivity contribution in [3.8, 4) is 0 Å². The molecule has 0 radical (unpaired) electrons. The highest BCUT2D eigenvalue weighted by Crippen LogP contribution is 2.18. The van der Waals surface area contributed by atoms with E-state index in [1.165, 1.54) is 7.11 Å². The molecule has 0 saturated carbocycles. The van der Waals surface area contributed by atoms with Gasteiger partial charge in [-0.3, -0.25) is 9.89 Å². The molecule has 1 aromatic heterocycles. The molecule has 7 nitrogen and oxygen atoms in total. The summed E-state index contributed by atoms with van der Waals surface area (Å²) in [6.45, 7) is 1.97. The number of methoxy groups -OCH3 is 1. The third kappa shape index (κ3) is 4.46. The van der Waals surface area contributed by atoms with Crippen LogP contribution in [0, 0.1) is 0 Å². The SMILES string of the molecule is COC(=O)N1CCN(C(=O)c2ccc(C=Cc3n[nH]c4ccccc34)cc2)CC1.Cl. The number of piperazine rings is 1. The summed E-state index contributed by atoms with van der Waals surface area (Å²) in [4.78, 5) is 27.6. The summed E-state index contributed by atoms with van der Waals surface area (Å²) < 4.78 is 4.73. The van der Waals surface area contributed by atoms with Gasteiger partial charge >= 0.3 is 6.09 Å². The molecule has 0 unspecified atom stereocenters. The smallest absolute Gasteiger partial charge is 0.409 e. The molecule has 1 aliphatic rings. The average Bonchev–Trinajstić information content (AvgIpc) is 3.20. The van der Waals surface area contributed by atoms with Gasteiger partial charge in [0.25, 0.3) is 5.91 Å². The Hall–Kier alpha value is -3.32. The van der Waals surface area contributed by atoms with Gasteiger partial charge in [-0.2, -0.15) is 5.10 Å². The molecule has 30 heavy (non-hydrogen) atoms. The average molecular weight is 427 g/mol. The van der Waals surface area contributed by atoms with E-state index in [9.17, 15) is 9.59 Å². The molecule has 0 spiro atoms. The number of nitrogens with one attached hydrogen (secondary N) is 1. The zero-order chi connectivity index (χ0) is 20.2. The zero-order valence-electron chi connectivity index (χ0n) is 16.6. The fourth-order valence-electron chi connectivity index (χ4n) is 3.43. The molecular weight excluding hydrogens is 404 g/mol. The number of para-hydroxylation sites is 1. The molecule has 156 valence electrons. The van der Waals surface area contributed by atoms with E-state index in [2.05, 4.69) is 10.2 Å². The molecule has 1 saturated heterocycles. The number of amides is 2. The number of hydrogen-bond donors (Lipinski definition) is 1. The molecule has 8 heteroatoms. The van der Waals surface area contributed by atoms with Crippen molar-refractivity contribution in [2.45, 2.75) is 0 Å². The van der Waals surface area contributed by atoms with Crippen LogP contribution in [-0.2, 0) is 4.74 Å². The number of nitrogens with zero attached hydrogens (tertiary/aromatic N) is 3. The first-order valence-electron chi connectivity index (χ1n) is 9.49. The Balaban J connectivity index is 0.00000256. The highest BCUT2D eigenvalue weighted by Gasteiger charge is 2.25. The lowest BCUT2D eigenvalue weighted by Crippen LogP contribution is -2.50. The summed E-state index contributed by atoms with van der Waals surface area (Å²) in [5.74, 6) is -0.0247. The highest BCUT2D eigenvalue weighted by atomic mass is 35.5. The third-order valence-electron chi connectivity index (χ3n) is 5.09. The molecule has 1 aliphatic heterocycles. The summed E-state index contributed by atoms with van der Waals surface area (Å²) in [5, 5.41) is 8.42. The Morgan fingerprint density at radius 3 is 2.33 bits per heavy atom. The largest absolute Gasteiger partial charge is 0.453 e. The second kappa shape index (κ2) is 9.45. The van der Waals surface area contributed by atoms with Crippen molar-refractivity contribution >= 4 is 47.5 Å². The van der Waals surface area contributed by atoms with Gasteiger partial charge in [0, 0.05) is 37.1 Å². The van der Waals surface area contributed by atoms with E-state index in [1.54, 1.807) is 9.80 Å². The fourth-order valence-corrected chi connectivity index (χ4v) is 3.43. The number of carbonyl (C=O) groups excluding carboxylic acids is 2. The number of ether oxygens (including phenoxy) is 1. The van der Waals surface area contributed by atoms with Crippen LogP contribution in [0.2, 0.25) is 0 Å². The van der Waals surface area contributed by atoms with Crippen molar-refractivity contribution in [1.29, 1.82) is 0 Å². The van der Waals surface area contributed by atoms with Crippen LogP contribution in [0.4, 0.5) is 4.79 Å². The van der Waals surface area contributed by atoms with Crippen molar-refractivity contribution in [3.05, 3.63) is 65.4 Å². The van der Waals surface area contributed by atoms with E-state index in [4.69, 9.17) is 4.74 Å². The van der Waals surface area contributed by atoms with E-state index in [0.29, 0.717) is 31.7 Å². The molecule has 0 atom stereocenters. The minimum Gasteiger partial charge on any atom is -0.453 e. The first-order chi connectivity index (χ1) is 14.2. The Kier molecular flexibility index (Phi) is 6.74. The maximum absolute atomic E-state index is 12.7. The van der Waals surface area contributed by atoms with Gasteiger partial charge in [0.2, 0.25) is 0 Å². The molecule has 2 amide bonds. The lowest BCUT2D eigenvalue weighted by atomic mass is 10.1. The van der Waals surface area contributed by atoms with Crippen LogP contribution in [0.1, 0.15) is 21.6 Å². The summed E-state index contributed by atoms with van der Waals surface area (Å²) in [6.07, 6.45) is 3.59. The summed E-state index contributed by atoms with van der Waals surface area (Å²) in [7, 11) is 1.37. The van der Waals surface area contributed by atoms with Crippen LogP contribution in [0.5, 0.6) is 0 Å². The first kappa shape index (κ1) is 21.4. The van der Waals surface area contributed by atoms with Crippen LogP contribution < -0.4 is 0 Å². The monoisotopic (exact) mass is 426 g/mol. The third-order valence-corrected chi connectivity index (χ3v) is 5.09. The molecular formula is C22H23ClN4O3. The van der Waals surface area contributed by atoms with Crippen molar-refractivity contribution in [3.63, 3.8) is 0 Å². The molecule has 3 aromatic rings. The number of benzene rings is 2. The number of H-pyrrole nitrogens is 1. The Morgan fingerprint density at radius 1 is 0.967 bits per heavy atom. The normalized spacial score (nSPS) is 14.0. The summed E-state index contributed by atoms with van der Waals surface area (Å²) >= 11 is 0. The second-order valence-electron chi connectivity index (χ2n) is 6.86. The van der Waals surface area contributed by atoms with E-state index >= 15 is 0 Å². The number of rotatable bonds is 3. The van der Waals surface area contributed by atoms with Gasteiger partial charge in [-0.1, -0.05) is 36.4 Å². The predicted molar refractivity (Wildman–Crippen MR) is 119 cm³/mol. The van der Waals surface area contributed by atoms with Gasteiger partial charge in [0.1, 0.15) is 0 Å². The van der Waals surface area contributed by atoms with Crippen LogP contribution in [-0.4, -0.2) is 65.3 Å². The van der Waals surface area contributed by atoms with E-state index < -0.39 is 0 Å². The number of halogens is 1. The second-order valence-corrected chi connectivity index (χ2v) is 6.86. The number of hydrogen-bond acceptors (Lipinski definition) is 4. The quantitative estimate of drug-likeness (QED) is 0.693. The fraction of sp³-hybridized carbons (Fsp3) is 0.227. The highest BCUT2D eigenvalue weighted by molar-refractivity contribution is 5.95. The summed E-state index contributed by atoms with van der Waals surface area (Å²) in [6, 6.07) is 15.5. The molecule has 2 aromatic carbocycles. The van der Waals surface area contributed by atoms with Crippen LogP contribution >= 0.6 is 12.4 Å². The Labute approximate surface area is 180 Å². The molecule has 0 aliphatic carbocycles. The lowest BCUT2D eigenvalue weighted by molar-refractivity contribution is 0.0599. The standard InChI is InChI=1S/C22H22N4O3.ClH/c1-29-22(28)26-14-12-25(13-15-26)21(27)17-9-6-16(7-10-17)8-11-20-18-4-2-3-5-19(18)23-24-20;/h2-11H,12-15H2,1H3,(H,23,24);1H. The van der Waals surface area contributed by atoms with Gasteiger partial charge in [-0.15, -0.1) is 12.4 Å². The predicted octanol–water partition coefficient (Wildman–Crippen LogP) is 3.68. The van der Waals surface area contributed by atoms with E-state index in [0.717, 1.165) is 22.2 Å². The van der Waals surface area contributed by atoms with E-state index in [-0.39, 0.29) is 24.4 Å². The number of aromatic nitrogens is 2. The summed E-state index contributed by atoms with van der Waals surface area (Å²) in [5.41, 5.74) is 3.51. The first-order valence-corrected chi connectivity index (χ1v) is 9.49. The van der Waals surface area contributed by atoms with Gasteiger partial charge in [0.15, 0.2) is 0 Å². The maximum Gasteiger partial charge on any atom is 0.409 e. The molecule has 2 heterocycles. The molecule has 0 bridgehead atoms. The van der Waals surface area contributed by atoms with Gasteiger partial charge in [0.05, 0.1) is 18.3 Å². The minimum atomic E-state index is -0.349. The Morgan fingerprint density at radius 2 is 1.63 bits per heavy atom. The molecule has 1 N–H and O–H groups in total. The number of fused-ring (bicyclic) bond motifs is 1. The maximum atomic E-state index is 12.7. The van der Waals surface area contributed by atoms with Gasteiger partial charge in [-0.05, 0) is 29.8 Å². The number of carbonyl (C=O) groups is 2. The minimum absolute atomic E-state index is 0. The van der Waals surface area contributed by atoms with Crippen LogP contribution in [0.3, 0.4) is 0 Å². The molecule has 1 fully saturated rings. The topological polar surface area (TPSA) is 78.5 Å². The van der Waals surface area contributed by atoms with Crippen LogP contribution in [0.15, 0.2) is 48.5 Å². The van der Waals surface area contributed by atoms with Crippen molar-refractivity contribution in [2.24, 2.45) is 0 Å². The number of aromatic amines is 1. The van der Waals surface area contributed by atoms with Crippen LogP contribution in [0.25, 0.3) is 23.1 Å². The van der Waals surface area contributed by atoms with Crippen molar-refractivity contribution in [1.82, 2.24) is 20.0 Å². The van der Waals surface area contributed by atoms with Crippen molar-refractivity contribution in [2.75, 3.05) is 33.3 Å². The zero-order valence-corrected chi connectivity index (χ0v) is 17.4. The Bertz CT molecular complexity index is 1050. The van der Waals surface area contributed by atoms with Gasteiger partial charge in [-0.25, -0.2) is 4.79 Å². The van der Waals surface area contributed by atoms with Crippen molar-refractivity contribution < 1.29 is 14.3 Å². The molecule has 4 rings (SSSR count). The van der Waals surface area contributed by atoms with E-state index in [1.807, 2.05) is 60.7 Å². The lowest BCUT2D eigenvalue weighted by Gasteiger charge is -2.33. The van der Waals surface area contributed by atoms with Gasteiger partial charge < -0.3 is 14.5 Å².